The Morgan fingerprint density at radius 1 is 1.47 bits per heavy atom. The summed E-state index contributed by atoms with van der Waals surface area (Å²) in [5.74, 6) is 0.943. The molecular formula is C12H17N3. The monoisotopic (exact) mass is 203 g/mol. The standard InChI is InChI=1S/C12H17N3/c1-4-9-5-6-10-11(7-9)15(3)12(14-10)8(2)13/h5-8H,4,13H2,1-3H3. The number of nitrogens with zero attached hydrogens (tertiary/aromatic N) is 2. The van der Waals surface area contributed by atoms with Gasteiger partial charge in [-0.25, -0.2) is 4.98 Å². The SMILES string of the molecule is CCc1ccc2nc(C(C)N)n(C)c2c1. The molecule has 0 bridgehead atoms. The fourth-order valence-electron chi connectivity index (χ4n) is 1.88. The molecule has 0 radical (unpaired) electrons. The van der Waals surface area contributed by atoms with Crippen molar-refractivity contribution in [2.45, 2.75) is 26.3 Å². The molecule has 0 saturated carbocycles. The van der Waals surface area contributed by atoms with Gasteiger partial charge in [-0.1, -0.05) is 13.0 Å². The highest BCUT2D eigenvalue weighted by atomic mass is 15.1. The molecule has 2 aromatic rings. The first-order valence-corrected chi connectivity index (χ1v) is 5.34. The number of aromatic nitrogens is 2. The predicted octanol–water partition coefficient (Wildman–Crippen LogP) is 2.16. The first-order chi connectivity index (χ1) is 7.13. The molecule has 0 fully saturated rings. The van der Waals surface area contributed by atoms with Gasteiger partial charge in [0.2, 0.25) is 0 Å². The molecule has 3 heteroatoms. The highest BCUT2D eigenvalue weighted by Gasteiger charge is 2.10. The molecule has 80 valence electrons. The van der Waals surface area contributed by atoms with Crippen LogP contribution in [0.1, 0.15) is 31.3 Å². The summed E-state index contributed by atoms with van der Waals surface area (Å²) in [6.07, 6.45) is 1.05. The molecule has 1 heterocycles. The summed E-state index contributed by atoms with van der Waals surface area (Å²) < 4.78 is 2.08. The van der Waals surface area contributed by atoms with Crippen LogP contribution in [0.15, 0.2) is 18.2 Å². The van der Waals surface area contributed by atoms with Crippen molar-refractivity contribution in [2.24, 2.45) is 12.8 Å². The first-order valence-electron chi connectivity index (χ1n) is 5.34. The van der Waals surface area contributed by atoms with Crippen LogP contribution in [0, 0.1) is 0 Å². The second-order valence-corrected chi connectivity index (χ2v) is 3.99. The molecule has 0 aliphatic rings. The van der Waals surface area contributed by atoms with Crippen molar-refractivity contribution >= 4 is 11.0 Å². The van der Waals surface area contributed by atoms with Gasteiger partial charge in [-0.2, -0.15) is 0 Å². The summed E-state index contributed by atoms with van der Waals surface area (Å²) in [4.78, 5) is 4.53. The average Bonchev–Trinajstić information content (AvgIpc) is 2.56. The number of rotatable bonds is 2. The number of benzene rings is 1. The van der Waals surface area contributed by atoms with E-state index in [-0.39, 0.29) is 6.04 Å². The van der Waals surface area contributed by atoms with E-state index in [9.17, 15) is 0 Å². The van der Waals surface area contributed by atoms with E-state index < -0.39 is 0 Å². The highest BCUT2D eigenvalue weighted by molar-refractivity contribution is 5.77. The van der Waals surface area contributed by atoms with Crippen molar-refractivity contribution < 1.29 is 0 Å². The first kappa shape index (κ1) is 10.2. The van der Waals surface area contributed by atoms with Crippen molar-refractivity contribution in [1.29, 1.82) is 0 Å². The fourth-order valence-corrected chi connectivity index (χ4v) is 1.88. The Labute approximate surface area is 89.9 Å². The maximum absolute atomic E-state index is 5.87. The summed E-state index contributed by atoms with van der Waals surface area (Å²) in [6.45, 7) is 4.12. The molecule has 1 aromatic heterocycles. The molecule has 0 spiro atoms. The van der Waals surface area contributed by atoms with Gasteiger partial charge in [0, 0.05) is 7.05 Å². The predicted molar refractivity (Wildman–Crippen MR) is 62.7 cm³/mol. The Kier molecular flexibility index (Phi) is 2.49. The van der Waals surface area contributed by atoms with Gasteiger partial charge >= 0.3 is 0 Å². The molecular weight excluding hydrogens is 186 g/mol. The average molecular weight is 203 g/mol. The number of hydrogen-bond donors (Lipinski definition) is 1. The summed E-state index contributed by atoms with van der Waals surface area (Å²) >= 11 is 0. The van der Waals surface area contributed by atoms with Crippen LogP contribution in [0.5, 0.6) is 0 Å². The van der Waals surface area contributed by atoms with Crippen LogP contribution < -0.4 is 5.73 Å². The summed E-state index contributed by atoms with van der Waals surface area (Å²) in [7, 11) is 2.02. The minimum Gasteiger partial charge on any atom is -0.330 e. The lowest BCUT2D eigenvalue weighted by Gasteiger charge is -2.05. The van der Waals surface area contributed by atoms with Gasteiger partial charge in [-0.05, 0) is 31.0 Å². The normalized spacial score (nSPS) is 13.3. The minimum atomic E-state index is -0.0209. The molecule has 15 heavy (non-hydrogen) atoms. The van der Waals surface area contributed by atoms with Gasteiger partial charge < -0.3 is 10.3 Å². The summed E-state index contributed by atoms with van der Waals surface area (Å²) in [6, 6.07) is 6.36. The third kappa shape index (κ3) is 1.63. The Morgan fingerprint density at radius 3 is 2.80 bits per heavy atom. The number of fused-ring (bicyclic) bond motifs is 1. The summed E-state index contributed by atoms with van der Waals surface area (Å²) in [5.41, 5.74) is 9.40. The number of aryl methyl sites for hydroxylation is 2. The third-order valence-electron chi connectivity index (χ3n) is 2.80. The van der Waals surface area contributed by atoms with Gasteiger partial charge in [0.25, 0.3) is 0 Å². The van der Waals surface area contributed by atoms with E-state index in [1.807, 2.05) is 14.0 Å². The Bertz CT molecular complexity index is 483. The Hall–Kier alpha value is -1.35. The second kappa shape index (κ2) is 3.66. The quantitative estimate of drug-likeness (QED) is 0.812. The Balaban J connectivity index is 2.66. The maximum atomic E-state index is 5.87. The highest BCUT2D eigenvalue weighted by Crippen LogP contribution is 2.19. The van der Waals surface area contributed by atoms with Crippen molar-refractivity contribution in [3.8, 4) is 0 Å². The zero-order chi connectivity index (χ0) is 11.0. The van der Waals surface area contributed by atoms with E-state index in [2.05, 4.69) is 34.7 Å². The van der Waals surface area contributed by atoms with Gasteiger partial charge in [-0.3, -0.25) is 0 Å². The van der Waals surface area contributed by atoms with E-state index in [0.717, 1.165) is 17.8 Å². The van der Waals surface area contributed by atoms with Crippen molar-refractivity contribution in [2.75, 3.05) is 0 Å². The molecule has 0 aliphatic carbocycles. The van der Waals surface area contributed by atoms with Crippen LogP contribution in [0.4, 0.5) is 0 Å². The fraction of sp³-hybridized carbons (Fsp3) is 0.417. The van der Waals surface area contributed by atoms with Gasteiger partial charge in [0.15, 0.2) is 0 Å². The third-order valence-corrected chi connectivity index (χ3v) is 2.80. The number of imidazole rings is 1. The van der Waals surface area contributed by atoms with Crippen LogP contribution in [0.2, 0.25) is 0 Å². The number of nitrogens with two attached hydrogens (primary N) is 1. The van der Waals surface area contributed by atoms with Crippen molar-refractivity contribution in [3.63, 3.8) is 0 Å². The molecule has 0 amide bonds. The van der Waals surface area contributed by atoms with E-state index in [4.69, 9.17) is 5.73 Å². The molecule has 1 unspecified atom stereocenters. The zero-order valence-electron chi connectivity index (χ0n) is 9.49. The van der Waals surface area contributed by atoms with Crippen LogP contribution in [0.25, 0.3) is 11.0 Å². The largest absolute Gasteiger partial charge is 0.330 e. The minimum absolute atomic E-state index is 0.0209. The lowest BCUT2D eigenvalue weighted by molar-refractivity contribution is 0.696. The Morgan fingerprint density at radius 2 is 2.20 bits per heavy atom. The van der Waals surface area contributed by atoms with Gasteiger partial charge in [-0.15, -0.1) is 0 Å². The maximum Gasteiger partial charge on any atom is 0.126 e. The van der Waals surface area contributed by atoms with Gasteiger partial charge in [0.05, 0.1) is 17.1 Å². The second-order valence-electron chi connectivity index (χ2n) is 3.99. The smallest absolute Gasteiger partial charge is 0.126 e. The molecule has 1 aromatic carbocycles. The van der Waals surface area contributed by atoms with Crippen LogP contribution in [-0.4, -0.2) is 9.55 Å². The molecule has 0 aliphatic heterocycles. The molecule has 3 nitrogen and oxygen atoms in total. The number of hydrogen-bond acceptors (Lipinski definition) is 2. The molecule has 2 rings (SSSR count). The zero-order valence-corrected chi connectivity index (χ0v) is 9.49. The van der Waals surface area contributed by atoms with E-state index >= 15 is 0 Å². The van der Waals surface area contributed by atoms with Gasteiger partial charge in [0.1, 0.15) is 5.82 Å². The van der Waals surface area contributed by atoms with E-state index in [0.29, 0.717) is 0 Å². The topological polar surface area (TPSA) is 43.8 Å². The van der Waals surface area contributed by atoms with Crippen molar-refractivity contribution in [1.82, 2.24) is 9.55 Å². The lowest BCUT2D eigenvalue weighted by atomic mass is 10.1. The van der Waals surface area contributed by atoms with Crippen molar-refractivity contribution in [3.05, 3.63) is 29.6 Å². The van der Waals surface area contributed by atoms with Crippen LogP contribution in [0.3, 0.4) is 0 Å². The lowest BCUT2D eigenvalue weighted by Crippen LogP contribution is -2.11. The molecule has 1 atom stereocenters. The van der Waals surface area contributed by atoms with Crippen LogP contribution >= 0.6 is 0 Å². The van der Waals surface area contributed by atoms with E-state index in [1.54, 1.807) is 0 Å². The molecule has 0 saturated heterocycles. The van der Waals surface area contributed by atoms with E-state index in [1.165, 1.54) is 11.1 Å². The van der Waals surface area contributed by atoms with Crippen LogP contribution in [-0.2, 0) is 13.5 Å². The summed E-state index contributed by atoms with van der Waals surface area (Å²) in [5, 5.41) is 0. The molecule has 2 N–H and O–H groups in total.